The zero-order valence-corrected chi connectivity index (χ0v) is 16.2. The molecular weight excluding hydrogens is 326 g/mol. The smallest absolute Gasteiger partial charge is 0.410 e. The molecule has 0 unspecified atom stereocenters. The first-order chi connectivity index (χ1) is 11.5. The van der Waals surface area contributed by atoms with Crippen LogP contribution in [0.15, 0.2) is 0 Å². The van der Waals surface area contributed by atoms with Gasteiger partial charge >= 0.3 is 18.0 Å². The molecule has 2 N–H and O–H groups in total. The molecule has 7 nitrogen and oxygen atoms in total. The molecule has 0 heterocycles. The first-order valence-electron chi connectivity index (χ1n) is 8.90. The van der Waals surface area contributed by atoms with Crippen LogP contribution in [0.4, 0.5) is 4.79 Å². The van der Waals surface area contributed by atoms with Crippen LogP contribution in [0.2, 0.25) is 0 Å². The van der Waals surface area contributed by atoms with E-state index in [1.165, 1.54) is 6.92 Å². The molecule has 146 valence electrons. The molecule has 0 spiro atoms. The summed E-state index contributed by atoms with van der Waals surface area (Å²) in [6, 6.07) is 0. The molecule has 0 aliphatic carbocycles. The van der Waals surface area contributed by atoms with Gasteiger partial charge in [0.15, 0.2) is 0 Å². The van der Waals surface area contributed by atoms with Crippen LogP contribution >= 0.6 is 0 Å². The summed E-state index contributed by atoms with van der Waals surface area (Å²) in [5, 5.41) is 11.7. The number of nitrogens with one attached hydrogen (secondary N) is 1. The number of alkyl carbamates (subject to hydrolysis) is 1. The lowest BCUT2D eigenvalue weighted by Crippen LogP contribution is -2.36. The maximum atomic E-state index is 11.7. The summed E-state index contributed by atoms with van der Waals surface area (Å²) in [5.41, 5.74) is 0. The molecule has 0 aromatic rings. The summed E-state index contributed by atoms with van der Waals surface area (Å²) >= 11 is 0. The van der Waals surface area contributed by atoms with E-state index in [1.54, 1.807) is 13.8 Å². The van der Waals surface area contributed by atoms with Crippen molar-refractivity contribution in [2.45, 2.75) is 67.1 Å². The molecule has 0 saturated carbocycles. The van der Waals surface area contributed by atoms with Gasteiger partial charge in [0.05, 0.1) is 11.8 Å². The van der Waals surface area contributed by atoms with E-state index in [-0.39, 0.29) is 18.4 Å². The summed E-state index contributed by atoms with van der Waals surface area (Å²) < 4.78 is 9.82. The molecule has 7 heteroatoms. The van der Waals surface area contributed by atoms with E-state index in [4.69, 9.17) is 9.47 Å². The molecule has 0 bridgehead atoms. The number of carbonyl (C=O) groups is 3. The van der Waals surface area contributed by atoms with Gasteiger partial charge in [0, 0.05) is 13.5 Å². The van der Waals surface area contributed by atoms with Gasteiger partial charge in [-0.3, -0.25) is 9.59 Å². The number of hydrogen-bond donors (Lipinski definition) is 2. The maximum Gasteiger partial charge on any atom is 0.410 e. The minimum atomic E-state index is -1.02. The molecule has 0 radical (unpaired) electrons. The van der Waals surface area contributed by atoms with Crippen molar-refractivity contribution in [2.24, 2.45) is 23.7 Å². The molecule has 0 aromatic heterocycles. The summed E-state index contributed by atoms with van der Waals surface area (Å²) in [6.45, 7) is 11.0. The number of ether oxygens (including phenoxy) is 2. The van der Waals surface area contributed by atoms with Crippen molar-refractivity contribution in [2.75, 3.05) is 6.54 Å². The lowest BCUT2D eigenvalue weighted by molar-refractivity contribution is -0.168. The van der Waals surface area contributed by atoms with Crippen LogP contribution in [-0.2, 0) is 19.1 Å². The van der Waals surface area contributed by atoms with Crippen LogP contribution in [0.3, 0.4) is 0 Å². The van der Waals surface area contributed by atoms with Crippen molar-refractivity contribution in [3.05, 3.63) is 0 Å². The van der Waals surface area contributed by atoms with Crippen molar-refractivity contribution >= 4 is 18.0 Å². The number of hydrogen-bond acceptors (Lipinski definition) is 5. The van der Waals surface area contributed by atoms with E-state index < -0.39 is 30.2 Å². The lowest BCUT2D eigenvalue weighted by atomic mass is 9.90. The van der Waals surface area contributed by atoms with E-state index in [0.29, 0.717) is 12.3 Å². The summed E-state index contributed by atoms with van der Waals surface area (Å²) in [4.78, 5) is 34.5. The van der Waals surface area contributed by atoms with Gasteiger partial charge in [-0.05, 0) is 18.3 Å². The van der Waals surface area contributed by atoms with E-state index in [1.807, 2.05) is 6.92 Å². The molecule has 0 aromatic carbocycles. The quantitative estimate of drug-likeness (QED) is 0.433. The Bertz CT molecular complexity index is 435. The average molecular weight is 359 g/mol. The third kappa shape index (κ3) is 11.4. The highest BCUT2D eigenvalue weighted by atomic mass is 16.7. The number of esters is 1. The number of carboxylic acid groups (broad SMARTS) is 1. The number of carboxylic acids is 1. The Morgan fingerprint density at radius 3 is 2.04 bits per heavy atom. The van der Waals surface area contributed by atoms with E-state index >= 15 is 0 Å². The topological polar surface area (TPSA) is 102 Å². The summed E-state index contributed by atoms with van der Waals surface area (Å²) in [6.07, 6.45) is 0.656. The van der Waals surface area contributed by atoms with Crippen molar-refractivity contribution < 1.29 is 29.0 Å². The molecule has 0 fully saturated rings. The second-order valence-corrected chi connectivity index (χ2v) is 7.29. The molecule has 0 rings (SSSR count). The van der Waals surface area contributed by atoms with E-state index in [0.717, 1.165) is 12.8 Å². The van der Waals surface area contributed by atoms with Crippen molar-refractivity contribution in [3.8, 4) is 0 Å². The molecular formula is C18H33NO6. The molecule has 1 amide bonds. The standard InChI is InChI=1S/C18H33NO6/c1-11(2)7-8-13(5)9-15(16(20)21)10-19-18(23)25-14(6)24-17(22)12(3)4/h11-15H,7-10H2,1-6H3,(H,19,23)(H,20,21)/t13-,14-,15+/m0/s1. The van der Waals surface area contributed by atoms with Gasteiger partial charge in [-0.2, -0.15) is 0 Å². The highest BCUT2D eigenvalue weighted by molar-refractivity contribution is 5.73. The number of amides is 1. The van der Waals surface area contributed by atoms with E-state index in [2.05, 4.69) is 19.2 Å². The van der Waals surface area contributed by atoms with Gasteiger partial charge in [-0.15, -0.1) is 0 Å². The van der Waals surface area contributed by atoms with Crippen LogP contribution < -0.4 is 5.32 Å². The summed E-state index contributed by atoms with van der Waals surface area (Å²) in [5.74, 6) is -1.58. The normalized spacial score (nSPS) is 14.7. The Balaban J connectivity index is 4.30. The Morgan fingerprint density at radius 2 is 1.56 bits per heavy atom. The Morgan fingerprint density at radius 1 is 0.960 bits per heavy atom. The lowest BCUT2D eigenvalue weighted by Gasteiger charge is -2.20. The molecule has 0 aliphatic heterocycles. The van der Waals surface area contributed by atoms with Crippen molar-refractivity contribution in [1.29, 1.82) is 0 Å². The van der Waals surface area contributed by atoms with Gasteiger partial charge in [-0.1, -0.05) is 47.5 Å². The number of aliphatic carboxylic acids is 1. The van der Waals surface area contributed by atoms with Gasteiger partial charge < -0.3 is 19.9 Å². The zero-order valence-electron chi connectivity index (χ0n) is 16.2. The first-order valence-corrected chi connectivity index (χ1v) is 8.90. The third-order valence-corrected chi connectivity index (χ3v) is 3.79. The van der Waals surface area contributed by atoms with Crippen molar-refractivity contribution in [3.63, 3.8) is 0 Å². The highest BCUT2D eigenvalue weighted by Gasteiger charge is 2.23. The number of rotatable bonds is 11. The van der Waals surface area contributed by atoms with Gasteiger partial charge in [-0.25, -0.2) is 4.79 Å². The highest BCUT2D eigenvalue weighted by Crippen LogP contribution is 2.19. The maximum absolute atomic E-state index is 11.7. The van der Waals surface area contributed by atoms with Gasteiger partial charge in [0.1, 0.15) is 0 Å². The monoisotopic (exact) mass is 359 g/mol. The van der Waals surface area contributed by atoms with Crippen LogP contribution in [0.1, 0.15) is 60.8 Å². The van der Waals surface area contributed by atoms with Crippen molar-refractivity contribution in [1.82, 2.24) is 5.32 Å². The average Bonchev–Trinajstić information content (AvgIpc) is 2.48. The van der Waals surface area contributed by atoms with Gasteiger partial charge in [0.25, 0.3) is 0 Å². The first kappa shape index (κ1) is 23.2. The predicted octanol–water partition coefficient (Wildman–Crippen LogP) is 3.42. The Hall–Kier alpha value is -1.79. The SMILES string of the molecule is CC(C)CC[C@H](C)C[C@H](CNC(=O)O[C@@H](C)OC(=O)C(C)C)C(=O)O. The van der Waals surface area contributed by atoms with Crippen LogP contribution in [0.5, 0.6) is 0 Å². The Labute approximate surface area is 150 Å². The fourth-order valence-corrected chi connectivity index (χ4v) is 2.22. The fraction of sp³-hybridized carbons (Fsp3) is 0.833. The largest absolute Gasteiger partial charge is 0.481 e. The molecule has 25 heavy (non-hydrogen) atoms. The number of carbonyl (C=O) groups excluding carboxylic acids is 2. The second kappa shape index (κ2) is 11.7. The van der Waals surface area contributed by atoms with Crippen LogP contribution in [0, 0.1) is 23.7 Å². The Kier molecular flexibility index (Phi) is 10.9. The summed E-state index contributed by atoms with van der Waals surface area (Å²) in [7, 11) is 0. The molecule has 0 saturated heterocycles. The predicted molar refractivity (Wildman–Crippen MR) is 93.9 cm³/mol. The second-order valence-electron chi connectivity index (χ2n) is 7.29. The molecule has 3 atom stereocenters. The fourth-order valence-electron chi connectivity index (χ4n) is 2.22. The third-order valence-electron chi connectivity index (χ3n) is 3.79. The van der Waals surface area contributed by atoms with Gasteiger partial charge in [0.2, 0.25) is 6.29 Å². The van der Waals surface area contributed by atoms with Crippen LogP contribution in [-0.4, -0.2) is 36.0 Å². The minimum absolute atomic E-state index is 0.0228. The van der Waals surface area contributed by atoms with Crippen LogP contribution in [0.25, 0.3) is 0 Å². The zero-order chi connectivity index (χ0) is 19.6. The molecule has 0 aliphatic rings. The minimum Gasteiger partial charge on any atom is -0.481 e. The van der Waals surface area contributed by atoms with E-state index in [9.17, 15) is 19.5 Å².